The Morgan fingerprint density at radius 2 is 2.38 bits per heavy atom. The van der Waals surface area contributed by atoms with Crippen LogP contribution in [0.15, 0.2) is 29.8 Å². The zero-order chi connectivity index (χ0) is 14.1. The molecule has 0 radical (unpaired) electrons. The monoisotopic (exact) mass is 317 g/mol. The first-order valence-electron chi connectivity index (χ1n) is 7.47. The number of anilines is 1. The fraction of sp³-hybridized carbons (Fsp3) is 0.438. The molecule has 1 fully saturated rings. The van der Waals surface area contributed by atoms with Crippen molar-refractivity contribution in [3.8, 4) is 0 Å². The van der Waals surface area contributed by atoms with Crippen LogP contribution in [0.25, 0.3) is 0 Å². The van der Waals surface area contributed by atoms with Gasteiger partial charge in [-0.3, -0.25) is 4.90 Å². The summed E-state index contributed by atoms with van der Waals surface area (Å²) in [7, 11) is 0. The van der Waals surface area contributed by atoms with Crippen molar-refractivity contribution in [2.24, 2.45) is 0 Å². The highest BCUT2D eigenvalue weighted by molar-refractivity contribution is 7.99. The lowest BCUT2D eigenvalue weighted by Gasteiger charge is -2.34. The van der Waals surface area contributed by atoms with E-state index in [0.29, 0.717) is 6.04 Å². The number of thiazole rings is 1. The molecule has 0 bridgehead atoms. The summed E-state index contributed by atoms with van der Waals surface area (Å²) in [5, 5.41) is 6.92. The van der Waals surface area contributed by atoms with Crippen molar-refractivity contribution in [1.82, 2.24) is 9.88 Å². The zero-order valence-corrected chi connectivity index (χ0v) is 13.6. The van der Waals surface area contributed by atoms with Gasteiger partial charge in [-0.05, 0) is 17.5 Å². The molecule has 1 atom stereocenters. The molecule has 3 heterocycles. The molecule has 5 heteroatoms. The average molecular weight is 317 g/mol. The Morgan fingerprint density at radius 3 is 3.29 bits per heavy atom. The summed E-state index contributed by atoms with van der Waals surface area (Å²) in [6.07, 6.45) is 3.09. The smallest absolute Gasteiger partial charge is 0.111 e. The second-order valence-electron chi connectivity index (χ2n) is 5.56. The van der Waals surface area contributed by atoms with E-state index in [1.54, 1.807) is 11.3 Å². The lowest BCUT2D eigenvalue weighted by molar-refractivity contribution is 0.212. The third-order valence-corrected chi connectivity index (χ3v) is 6.18. The van der Waals surface area contributed by atoms with Gasteiger partial charge in [0.15, 0.2) is 0 Å². The molecule has 21 heavy (non-hydrogen) atoms. The topological polar surface area (TPSA) is 28.2 Å². The van der Waals surface area contributed by atoms with E-state index in [4.69, 9.17) is 0 Å². The van der Waals surface area contributed by atoms with Gasteiger partial charge in [0, 0.05) is 48.4 Å². The molecule has 2 aliphatic heterocycles. The number of nitrogens with one attached hydrogen (secondary N) is 1. The van der Waals surface area contributed by atoms with E-state index in [-0.39, 0.29) is 0 Å². The number of thioether (sulfide) groups is 1. The Morgan fingerprint density at radius 1 is 1.38 bits per heavy atom. The van der Waals surface area contributed by atoms with Crippen LogP contribution in [0.2, 0.25) is 0 Å². The van der Waals surface area contributed by atoms with Gasteiger partial charge in [0.05, 0.1) is 6.04 Å². The summed E-state index contributed by atoms with van der Waals surface area (Å²) < 4.78 is 0. The van der Waals surface area contributed by atoms with Crippen LogP contribution < -0.4 is 5.32 Å². The van der Waals surface area contributed by atoms with Crippen LogP contribution in [0, 0.1) is 0 Å². The highest BCUT2D eigenvalue weighted by Crippen LogP contribution is 2.34. The summed E-state index contributed by atoms with van der Waals surface area (Å²) in [5.41, 5.74) is 4.30. The highest BCUT2D eigenvalue weighted by Gasteiger charge is 2.27. The number of para-hydroxylation sites is 1. The van der Waals surface area contributed by atoms with Crippen LogP contribution in [-0.2, 0) is 13.0 Å². The molecule has 3 nitrogen and oxygen atoms in total. The molecule has 1 saturated heterocycles. The molecular formula is C16H19N3S2. The molecule has 1 aromatic heterocycles. The number of benzene rings is 1. The molecule has 0 aliphatic carbocycles. The molecule has 1 N–H and O–H groups in total. The number of fused-ring (bicyclic) bond motifs is 1. The number of hydrogen-bond acceptors (Lipinski definition) is 5. The van der Waals surface area contributed by atoms with Gasteiger partial charge in [-0.25, -0.2) is 4.98 Å². The van der Waals surface area contributed by atoms with Crippen molar-refractivity contribution >= 4 is 28.8 Å². The van der Waals surface area contributed by atoms with Gasteiger partial charge in [-0.2, -0.15) is 11.8 Å². The van der Waals surface area contributed by atoms with Gasteiger partial charge < -0.3 is 5.32 Å². The molecule has 2 aromatic rings. The second kappa shape index (κ2) is 5.99. The summed E-state index contributed by atoms with van der Waals surface area (Å²) in [6.45, 7) is 3.26. The third-order valence-electron chi connectivity index (χ3n) is 4.28. The zero-order valence-electron chi connectivity index (χ0n) is 11.9. The Hall–Kier alpha value is -1.04. The Balaban J connectivity index is 1.59. The van der Waals surface area contributed by atoms with Gasteiger partial charge in [0.25, 0.3) is 0 Å². The first-order valence-corrected chi connectivity index (χ1v) is 9.51. The largest absolute Gasteiger partial charge is 0.384 e. The van der Waals surface area contributed by atoms with Crippen molar-refractivity contribution < 1.29 is 0 Å². The normalized spacial score (nSPS) is 22.0. The fourth-order valence-electron chi connectivity index (χ4n) is 3.22. The van der Waals surface area contributed by atoms with E-state index in [1.165, 1.54) is 27.6 Å². The quantitative estimate of drug-likeness (QED) is 0.939. The first-order chi connectivity index (χ1) is 10.4. The highest BCUT2D eigenvalue weighted by atomic mass is 32.2. The minimum Gasteiger partial charge on any atom is -0.384 e. The van der Waals surface area contributed by atoms with E-state index in [9.17, 15) is 0 Å². The van der Waals surface area contributed by atoms with Crippen LogP contribution in [0.1, 0.15) is 22.2 Å². The van der Waals surface area contributed by atoms with E-state index in [1.807, 2.05) is 6.20 Å². The Kier molecular flexibility index (Phi) is 3.88. The minimum absolute atomic E-state index is 0.473. The fourth-order valence-corrected chi connectivity index (χ4v) is 5.22. The molecule has 110 valence electrons. The van der Waals surface area contributed by atoms with Crippen LogP contribution in [0.3, 0.4) is 0 Å². The maximum atomic E-state index is 4.55. The van der Waals surface area contributed by atoms with Crippen molar-refractivity contribution in [2.45, 2.75) is 19.0 Å². The Labute approximate surface area is 133 Å². The van der Waals surface area contributed by atoms with E-state index in [2.05, 4.69) is 50.5 Å². The third kappa shape index (κ3) is 2.70. The van der Waals surface area contributed by atoms with Crippen LogP contribution >= 0.6 is 23.1 Å². The van der Waals surface area contributed by atoms with Crippen molar-refractivity contribution in [3.63, 3.8) is 0 Å². The van der Waals surface area contributed by atoms with Crippen LogP contribution in [0.5, 0.6) is 0 Å². The predicted molar refractivity (Wildman–Crippen MR) is 91.2 cm³/mol. The molecule has 2 aliphatic rings. The van der Waals surface area contributed by atoms with Gasteiger partial charge in [0.2, 0.25) is 0 Å². The molecular weight excluding hydrogens is 298 g/mol. The summed E-state index contributed by atoms with van der Waals surface area (Å²) in [6, 6.07) is 7.21. The molecule has 1 aromatic carbocycles. The molecule has 4 rings (SSSR count). The average Bonchev–Trinajstić information content (AvgIpc) is 3.20. The molecule has 1 unspecified atom stereocenters. The van der Waals surface area contributed by atoms with E-state index < -0.39 is 0 Å². The maximum absolute atomic E-state index is 4.55. The van der Waals surface area contributed by atoms with E-state index >= 15 is 0 Å². The van der Waals surface area contributed by atoms with Gasteiger partial charge in [0.1, 0.15) is 5.01 Å². The first kappa shape index (κ1) is 13.6. The Bertz CT molecular complexity index is 612. The standard InChI is InChI=1S/C16H19N3S2/c1-2-12-4-5-17-15(12)13(3-1)10-19-7-9-20-11-14(19)16-18-6-8-21-16/h1-3,6,8,14,17H,4-5,7,9-11H2. The summed E-state index contributed by atoms with van der Waals surface area (Å²) in [4.78, 5) is 7.15. The van der Waals surface area contributed by atoms with Crippen molar-refractivity contribution in [3.05, 3.63) is 45.9 Å². The number of rotatable bonds is 3. The van der Waals surface area contributed by atoms with Crippen molar-refractivity contribution in [2.75, 3.05) is 29.9 Å². The van der Waals surface area contributed by atoms with Gasteiger partial charge >= 0.3 is 0 Å². The van der Waals surface area contributed by atoms with Crippen LogP contribution in [-0.4, -0.2) is 34.5 Å². The lowest BCUT2D eigenvalue weighted by atomic mass is 10.1. The predicted octanol–water partition coefficient (Wildman–Crippen LogP) is 3.40. The minimum atomic E-state index is 0.473. The van der Waals surface area contributed by atoms with E-state index in [0.717, 1.165) is 31.8 Å². The van der Waals surface area contributed by atoms with Gasteiger partial charge in [-0.15, -0.1) is 11.3 Å². The maximum Gasteiger partial charge on any atom is 0.111 e. The molecule has 0 amide bonds. The van der Waals surface area contributed by atoms with Crippen LogP contribution in [0.4, 0.5) is 5.69 Å². The second-order valence-corrected chi connectivity index (χ2v) is 7.64. The summed E-state index contributed by atoms with van der Waals surface area (Å²) in [5.74, 6) is 2.39. The number of nitrogens with zero attached hydrogens (tertiary/aromatic N) is 2. The molecule has 0 spiro atoms. The van der Waals surface area contributed by atoms with Crippen molar-refractivity contribution in [1.29, 1.82) is 0 Å². The summed E-state index contributed by atoms with van der Waals surface area (Å²) >= 11 is 3.84. The number of aromatic nitrogens is 1. The molecule has 0 saturated carbocycles. The van der Waals surface area contributed by atoms with Gasteiger partial charge in [-0.1, -0.05) is 18.2 Å². The SMILES string of the molecule is c1cc2c(c(CN3CCSCC3c3nccs3)c1)NCC2. The lowest BCUT2D eigenvalue weighted by Crippen LogP contribution is -2.35. The number of hydrogen-bond donors (Lipinski definition) is 1.